The number of hydrogen-bond acceptors (Lipinski definition) is 3. The third-order valence-corrected chi connectivity index (χ3v) is 8.34. The van der Waals surface area contributed by atoms with Gasteiger partial charge >= 0.3 is 0 Å². The van der Waals surface area contributed by atoms with Gasteiger partial charge in [-0.05, 0) is 85.9 Å². The molecule has 0 fully saturated rings. The van der Waals surface area contributed by atoms with E-state index in [-0.39, 0.29) is 0 Å². The molecular formula is C40H22N4. The highest BCUT2D eigenvalue weighted by atomic mass is 14.8. The molecule has 0 unspecified atom stereocenters. The van der Waals surface area contributed by atoms with Gasteiger partial charge in [-0.25, -0.2) is 9.83 Å². The molecule has 0 aliphatic heterocycles. The highest BCUT2D eigenvalue weighted by Gasteiger charge is 2.14. The first-order valence-corrected chi connectivity index (χ1v) is 14.3. The van der Waals surface area contributed by atoms with Crippen molar-refractivity contribution < 1.29 is 0 Å². The average Bonchev–Trinajstić information content (AvgIpc) is 3.10. The molecule has 202 valence electrons. The Morgan fingerprint density at radius 1 is 0.568 bits per heavy atom. The minimum absolute atomic E-state index is 0.579. The molecule has 44 heavy (non-hydrogen) atoms. The maximum atomic E-state index is 9.21. The lowest BCUT2D eigenvalue weighted by Crippen LogP contribution is -1.91. The first-order chi connectivity index (χ1) is 21.7. The molecular weight excluding hydrogens is 536 g/mol. The minimum atomic E-state index is 0.579. The normalized spacial score (nSPS) is 11.1. The zero-order valence-electron chi connectivity index (χ0n) is 23.5. The Bertz CT molecular complexity index is 2500. The summed E-state index contributed by atoms with van der Waals surface area (Å²) in [7, 11) is 0. The number of rotatable bonds is 3. The number of nitrogens with zero attached hydrogens (tertiary/aromatic N) is 4. The van der Waals surface area contributed by atoms with Gasteiger partial charge in [0.15, 0.2) is 5.69 Å². The molecule has 0 radical (unpaired) electrons. The third kappa shape index (κ3) is 4.14. The van der Waals surface area contributed by atoms with E-state index in [4.69, 9.17) is 16.5 Å². The van der Waals surface area contributed by atoms with E-state index in [1.807, 2.05) is 54.7 Å². The summed E-state index contributed by atoms with van der Waals surface area (Å²) in [4.78, 5) is 13.3. The fourth-order valence-corrected chi connectivity index (χ4v) is 6.18. The van der Waals surface area contributed by atoms with Gasteiger partial charge in [-0.1, -0.05) is 91.0 Å². The van der Waals surface area contributed by atoms with Crippen LogP contribution in [0.3, 0.4) is 0 Å². The lowest BCUT2D eigenvalue weighted by Gasteiger charge is -2.14. The van der Waals surface area contributed by atoms with E-state index in [2.05, 4.69) is 89.8 Å². The van der Waals surface area contributed by atoms with Gasteiger partial charge in [0.1, 0.15) is 0 Å². The fraction of sp³-hybridized carbons (Fsp3) is 0. The van der Waals surface area contributed by atoms with Crippen LogP contribution in [0.1, 0.15) is 5.56 Å². The largest absolute Gasteiger partial charge is 0.254 e. The van der Waals surface area contributed by atoms with Crippen molar-refractivity contribution in [3.8, 4) is 39.4 Å². The van der Waals surface area contributed by atoms with E-state index in [1.165, 1.54) is 16.3 Å². The van der Waals surface area contributed by atoms with Crippen molar-refractivity contribution in [1.29, 1.82) is 5.26 Å². The van der Waals surface area contributed by atoms with Crippen LogP contribution in [0.2, 0.25) is 0 Å². The lowest BCUT2D eigenvalue weighted by molar-refractivity contribution is 1.40. The second-order valence-corrected chi connectivity index (χ2v) is 10.8. The summed E-state index contributed by atoms with van der Waals surface area (Å²) >= 11 is 0. The van der Waals surface area contributed by atoms with Gasteiger partial charge in [0.2, 0.25) is 0 Å². The van der Waals surface area contributed by atoms with Crippen LogP contribution in [0.4, 0.5) is 5.69 Å². The van der Waals surface area contributed by atoms with Crippen LogP contribution in [0, 0.1) is 17.9 Å². The Labute approximate surface area is 253 Å². The van der Waals surface area contributed by atoms with Gasteiger partial charge in [0.25, 0.3) is 0 Å². The lowest BCUT2D eigenvalue weighted by atomic mass is 9.91. The van der Waals surface area contributed by atoms with Crippen LogP contribution in [0.25, 0.3) is 81.7 Å². The van der Waals surface area contributed by atoms with Gasteiger partial charge < -0.3 is 0 Å². The summed E-state index contributed by atoms with van der Waals surface area (Å²) in [6.07, 6.45) is 1.81. The Hall–Kier alpha value is -6.36. The van der Waals surface area contributed by atoms with Gasteiger partial charge in [0.05, 0.1) is 34.8 Å². The summed E-state index contributed by atoms with van der Waals surface area (Å²) in [5, 5.41) is 14.6. The van der Waals surface area contributed by atoms with E-state index >= 15 is 0 Å². The molecule has 2 aromatic heterocycles. The molecule has 2 heterocycles. The van der Waals surface area contributed by atoms with Crippen molar-refractivity contribution in [2.45, 2.75) is 0 Å². The molecule has 8 aromatic rings. The SMILES string of the molecule is [C-]#[N+]c1ccc2cc3cc(-c4ccc(-c5ccc(-c6ccc(C#N)cc6)c6ccccc56)cc4)c4cccnc4c3nc2c1. The number of fused-ring (bicyclic) bond motifs is 5. The van der Waals surface area contributed by atoms with E-state index in [0.717, 1.165) is 60.5 Å². The van der Waals surface area contributed by atoms with E-state index < -0.39 is 0 Å². The molecule has 0 atom stereocenters. The smallest absolute Gasteiger partial charge is 0.189 e. The Kier molecular flexibility index (Phi) is 5.86. The number of benzene rings is 6. The molecule has 0 N–H and O–H groups in total. The second kappa shape index (κ2) is 10.2. The summed E-state index contributed by atoms with van der Waals surface area (Å²) in [5.74, 6) is 0. The average molecular weight is 559 g/mol. The standard InChI is InChI=1S/C40H22N4/c1-42-31-17-16-29-21-30-22-37(36-7-4-20-43-40(36)39(30)44-38(29)23-31)28-14-12-27(13-15-28)33-19-18-32(34-5-2-3-6-35(33)34)26-10-8-25(24-41)9-11-26/h2-23H. The molecule has 0 bridgehead atoms. The van der Waals surface area contributed by atoms with Crippen LogP contribution in [-0.4, -0.2) is 9.97 Å². The van der Waals surface area contributed by atoms with Crippen LogP contribution in [-0.2, 0) is 0 Å². The van der Waals surface area contributed by atoms with Gasteiger partial charge in [-0.15, -0.1) is 0 Å². The highest BCUT2D eigenvalue weighted by molar-refractivity contribution is 6.13. The van der Waals surface area contributed by atoms with Crippen molar-refractivity contribution in [2.75, 3.05) is 0 Å². The number of aromatic nitrogens is 2. The topological polar surface area (TPSA) is 53.9 Å². The van der Waals surface area contributed by atoms with Gasteiger partial charge in [-0.2, -0.15) is 5.26 Å². The van der Waals surface area contributed by atoms with Crippen LogP contribution in [0.15, 0.2) is 134 Å². The van der Waals surface area contributed by atoms with Crippen LogP contribution >= 0.6 is 0 Å². The summed E-state index contributed by atoms with van der Waals surface area (Å²) in [6, 6.07) is 45.6. The van der Waals surface area contributed by atoms with Crippen molar-refractivity contribution in [3.63, 3.8) is 0 Å². The predicted octanol–water partition coefficient (Wildman–Crippen LogP) is 10.5. The Morgan fingerprint density at radius 3 is 1.86 bits per heavy atom. The fourth-order valence-electron chi connectivity index (χ4n) is 6.18. The summed E-state index contributed by atoms with van der Waals surface area (Å²) < 4.78 is 0. The number of pyridine rings is 2. The van der Waals surface area contributed by atoms with E-state index in [9.17, 15) is 5.26 Å². The quantitative estimate of drug-likeness (QED) is 0.123. The molecule has 8 rings (SSSR count). The van der Waals surface area contributed by atoms with Gasteiger partial charge in [0, 0.05) is 17.0 Å². The monoisotopic (exact) mass is 558 g/mol. The van der Waals surface area contributed by atoms with Crippen molar-refractivity contribution in [1.82, 2.24) is 9.97 Å². The summed E-state index contributed by atoms with van der Waals surface area (Å²) in [6.45, 7) is 7.38. The van der Waals surface area contributed by atoms with Crippen LogP contribution in [0.5, 0.6) is 0 Å². The second-order valence-electron chi connectivity index (χ2n) is 10.8. The van der Waals surface area contributed by atoms with Gasteiger partial charge in [-0.3, -0.25) is 4.98 Å². The zero-order valence-corrected chi connectivity index (χ0v) is 23.5. The first kappa shape index (κ1) is 25.4. The van der Waals surface area contributed by atoms with E-state index in [1.54, 1.807) is 0 Å². The number of nitriles is 1. The maximum absolute atomic E-state index is 9.21. The Morgan fingerprint density at radius 2 is 1.20 bits per heavy atom. The molecule has 0 saturated carbocycles. The molecule has 0 aliphatic rings. The molecule has 0 spiro atoms. The predicted molar refractivity (Wildman–Crippen MR) is 179 cm³/mol. The Balaban J connectivity index is 1.24. The molecule has 0 amide bonds. The molecule has 0 saturated heterocycles. The highest BCUT2D eigenvalue weighted by Crippen LogP contribution is 2.38. The van der Waals surface area contributed by atoms with Crippen molar-refractivity contribution >= 4 is 49.2 Å². The molecule has 6 aromatic carbocycles. The molecule has 4 nitrogen and oxygen atoms in total. The third-order valence-electron chi connectivity index (χ3n) is 8.34. The zero-order chi connectivity index (χ0) is 29.6. The maximum Gasteiger partial charge on any atom is 0.189 e. The van der Waals surface area contributed by atoms with Crippen molar-refractivity contribution in [2.24, 2.45) is 0 Å². The first-order valence-electron chi connectivity index (χ1n) is 14.3. The molecule has 4 heteroatoms. The molecule has 0 aliphatic carbocycles. The minimum Gasteiger partial charge on any atom is -0.254 e. The van der Waals surface area contributed by atoms with Crippen LogP contribution < -0.4 is 0 Å². The van der Waals surface area contributed by atoms with Crippen molar-refractivity contribution in [3.05, 3.63) is 151 Å². The van der Waals surface area contributed by atoms with E-state index in [0.29, 0.717) is 11.3 Å². The summed E-state index contributed by atoms with van der Waals surface area (Å²) in [5.41, 5.74) is 10.5. The number of hydrogen-bond donors (Lipinski definition) is 0.